The van der Waals surface area contributed by atoms with Crippen LogP contribution in [0.1, 0.15) is 6.42 Å². The maximum Gasteiger partial charge on any atom is 0.159 e. The van der Waals surface area contributed by atoms with E-state index in [1.807, 2.05) is 0 Å². The van der Waals surface area contributed by atoms with Crippen LogP contribution in [0.3, 0.4) is 0 Å². The van der Waals surface area contributed by atoms with Crippen LogP contribution in [0, 0.1) is 11.6 Å². The summed E-state index contributed by atoms with van der Waals surface area (Å²) in [5.74, 6) is -0.901. The normalized spacial score (nSPS) is 12.8. The summed E-state index contributed by atoms with van der Waals surface area (Å²) in [5, 5.41) is 11.9. The van der Waals surface area contributed by atoms with Crippen LogP contribution in [-0.4, -0.2) is 30.6 Å². The molecule has 1 aromatic rings. The molecule has 1 atom stereocenters. The Labute approximate surface area is 98.1 Å². The van der Waals surface area contributed by atoms with Crippen molar-refractivity contribution in [2.75, 3.05) is 19.4 Å². The summed E-state index contributed by atoms with van der Waals surface area (Å²) < 4.78 is 25.5. The smallest absolute Gasteiger partial charge is 0.159 e. The monoisotopic (exact) mass is 247 g/mol. The molecule has 0 aliphatic carbocycles. The fourth-order valence-corrected chi connectivity index (χ4v) is 2.20. The van der Waals surface area contributed by atoms with Gasteiger partial charge < -0.3 is 10.4 Å². The van der Waals surface area contributed by atoms with Crippen LogP contribution in [0.5, 0.6) is 0 Å². The molecule has 0 aliphatic rings. The minimum Gasteiger partial charge on any atom is -0.395 e. The molecular formula is C11H15F2NOS. The van der Waals surface area contributed by atoms with E-state index in [-0.39, 0.29) is 12.6 Å². The third-order valence-corrected chi connectivity index (χ3v) is 3.28. The number of halogens is 2. The highest BCUT2D eigenvalue weighted by atomic mass is 32.2. The fourth-order valence-electron chi connectivity index (χ4n) is 1.21. The molecule has 1 unspecified atom stereocenters. The highest BCUT2D eigenvalue weighted by Gasteiger charge is 2.06. The predicted molar refractivity (Wildman–Crippen MR) is 61.6 cm³/mol. The number of hydrogen-bond donors (Lipinski definition) is 2. The van der Waals surface area contributed by atoms with Gasteiger partial charge in [0.2, 0.25) is 0 Å². The Bertz CT molecular complexity index is 332. The molecule has 0 aromatic heterocycles. The second-order valence-corrected chi connectivity index (χ2v) is 4.55. The first-order chi connectivity index (χ1) is 7.67. The van der Waals surface area contributed by atoms with E-state index in [1.54, 1.807) is 13.1 Å². The number of hydrogen-bond acceptors (Lipinski definition) is 3. The molecule has 2 N–H and O–H groups in total. The molecule has 0 heterocycles. The van der Waals surface area contributed by atoms with Gasteiger partial charge in [-0.2, -0.15) is 0 Å². The van der Waals surface area contributed by atoms with Gasteiger partial charge in [-0.1, -0.05) is 0 Å². The lowest BCUT2D eigenvalue weighted by atomic mass is 10.2. The topological polar surface area (TPSA) is 32.3 Å². The number of aliphatic hydroxyl groups is 1. The quantitative estimate of drug-likeness (QED) is 0.754. The highest BCUT2D eigenvalue weighted by molar-refractivity contribution is 7.99. The van der Waals surface area contributed by atoms with Crippen molar-refractivity contribution in [3.05, 3.63) is 29.8 Å². The number of nitrogens with one attached hydrogen (secondary N) is 1. The zero-order valence-electron chi connectivity index (χ0n) is 9.04. The second-order valence-electron chi connectivity index (χ2n) is 3.38. The van der Waals surface area contributed by atoms with Gasteiger partial charge in [-0.15, -0.1) is 11.8 Å². The van der Waals surface area contributed by atoms with Crippen LogP contribution in [0.25, 0.3) is 0 Å². The van der Waals surface area contributed by atoms with E-state index in [2.05, 4.69) is 5.32 Å². The minimum atomic E-state index is -0.826. The van der Waals surface area contributed by atoms with Crippen molar-refractivity contribution >= 4 is 11.8 Å². The molecule has 0 spiro atoms. The first-order valence-electron chi connectivity index (χ1n) is 5.03. The lowest BCUT2D eigenvalue weighted by molar-refractivity contribution is 0.246. The van der Waals surface area contributed by atoms with Crippen molar-refractivity contribution in [3.8, 4) is 0 Å². The Hall–Kier alpha value is -0.650. The SMILES string of the molecule is CNC(CO)CCSc1ccc(F)c(F)c1. The summed E-state index contributed by atoms with van der Waals surface area (Å²) in [4.78, 5) is 0.701. The molecule has 1 rings (SSSR count). The van der Waals surface area contributed by atoms with Gasteiger partial charge in [0.15, 0.2) is 11.6 Å². The third kappa shape index (κ3) is 4.08. The van der Waals surface area contributed by atoms with Crippen LogP contribution < -0.4 is 5.32 Å². The first kappa shape index (κ1) is 13.4. The van der Waals surface area contributed by atoms with E-state index >= 15 is 0 Å². The van der Waals surface area contributed by atoms with Crippen LogP contribution in [0.2, 0.25) is 0 Å². The van der Waals surface area contributed by atoms with Crippen molar-refractivity contribution < 1.29 is 13.9 Å². The maximum atomic E-state index is 12.9. The number of aliphatic hydroxyl groups excluding tert-OH is 1. The average Bonchev–Trinajstić information content (AvgIpc) is 2.29. The van der Waals surface area contributed by atoms with Crippen molar-refractivity contribution in [3.63, 3.8) is 0 Å². The molecule has 0 radical (unpaired) electrons. The average molecular weight is 247 g/mol. The summed E-state index contributed by atoms with van der Waals surface area (Å²) in [7, 11) is 1.78. The zero-order valence-corrected chi connectivity index (χ0v) is 9.86. The lowest BCUT2D eigenvalue weighted by Gasteiger charge is -2.12. The van der Waals surface area contributed by atoms with Gasteiger partial charge in [0.25, 0.3) is 0 Å². The van der Waals surface area contributed by atoms with Crippen molar-refractivity contribution in [2.45, 2.75) is 17.4 Å². The first-order valence-corrected chi connectivity index (χ1v) is 6.02. The van der Waals surface area contributed by atoms with E-state index in [9.17, 15) is 8.78 Å². The second kappa shape index (κ2) is 6.83. The van der Waals surface area contributed by atoms with Gasteiger partial charge in [0.05, 0.1) is 6.61 Å². The number of rotatable bonds is 6. The summed E-state index contributed by atoms with van der Waals surface area (Å²) in [6.07, 6.45) is 0.774. The summed E-state index contributed by atoms with van der Waals surface area (Å²) in [5.41, 5.74) is 0. The molecule has 0 saturated carbocycles. The molecule has 0 fully saturated rings. The van der Waals surface area contributed by atoms with E-state index in [0.717, 1.165) is 18.2 Å². The maximum absolute atomic E-state index is 12.9. The van der Waals surface area contributed by atoms with Crippen molar-refractivity contribution in [1.29, 1.82) is 0 Å². The molecule has 5 heteroatoms. The Morgan fingerprint density at radius 1 is 1.38 bits per heavy atom. The lowest BCUT2D eigenvalue weighted by Crippen LogP contribution is -2.29. The zero-order chi connectivity index (χ0) is 12.0. The Morgan fingerprint density at radius 2 is 2.12 bits per heavy atom. The Kier molecular flexibility index (Phi) is 5.73. The van der Waals surface area contributed by atoms with Gasteiger partial charge in [0.1, 0.15) is 0 Å². The predicted octanol–water partition coefficient (Wildman–Crippen LogP) is 2.03. The van der Waals surface area contributed by atoms with Gasteiger partial charge in [-0.05, 0) is 37.4 Å². The molecule has 0 amide bonds. The molecular weight excluding hydrogens is 232 g/mol. The number of benzene rings is 1. The highest BCUT2D eigenvalue weighted by Crippen LogP contribution is 2.21. The molecule has 1 aromatic carbocycles. The van der Waals surface area contributed by atoms with Crippen molar-refractivity contribution in [2.24, 2.45) is 0 Å². The standard InChI is InChI=1S/C11H15F2NOS/c1-14-8(7-15)4-5-16-9-2-3-10(12)11(13)6-9/h2-3,6,8,14-15H,4-5,7H2,1H3. The van der Waals surface area contributed by atoms with E-state index in [4.69, 9.17) is 5.11 Å². The van der Waals surface area contributed by atoms with Crippen LogP contribution in [-0.2, 0) is 0 Å². The van der Waals surface area contributed by atoms with Gasteiger partial charge in [-0.25, -0.2) is 8.78 Å². The summed E-state index contributed by atoms with van der Waals surface area (Å²) in [6, 6.07) is 3.92. The van der Waals surface area contributed by atoms with Crippen LogP contribution in [0.15, 0.2) is 23.1 Å². The molecule has 0 bridgehead atoms. The molecule has 0 saturated heterocycles. The van der Waals surface area contributed by atoms with Gasteiger partial charge in [0, 0.05) is 10.9 Å². The van der Waals surface area contributed by atoms with E-state index < -0.39 is 11.6 Å². The summed E-state index contributed by atoms with van der Waals surface area (Å²) in [6.45, 7) is 0.0782. The van der Waals surface area contributed by atoms with Gasteiger partial charge >= 0.3 is 0 Å². The molecule has 2 nitrogen and oxygen atoms in total. The fraction of sp³-hybridized carbons (Fsp3) is 0.455. The van der Waals surface area contributed by atoms with Gasteiger partial charge in [-0.3, -0.25) is 0 Å². The minimum absolute atomic E-state index is 0.0535. The van der Waals surface area contributed by atoms with Crippen LogP contribution >= 0.6 is 11.8 Å². The number of likely N-dealkylation sites (N-methyl/N-ethyl adjacent to an activating group) is 1. The van der Waals surface area contributed by atoms with Crippen LogP contribution in [0.4, 0.5) is 8.78 Å². The Balaban J connectivity index is 2.40. The Morgan fingerprint density at radius 3 is 2.69 bits per heavy atom. The number of thioether (sulfide) groups is 1. The molecule has 16 heavy (non-hydrogen) atoms. The molecule has 90 valence electrons. The molecule has 0 aliphatic heterocycles. The van der Waals surface area contributed by atoms with E-state index in [1.165, 1.54) is 17.8 Å². The largest absolute Gasteiger partial charge is 0.395 e. The van der Waals surface area contributed by atoms with Crippen molar-refractivity contribution in [1.82, 2.24) is 5.32 Å². The third-order valence-electron chi connectivity index (χ3n) is 2.25. The van der Waals surface area contributed by atoms with E-state index in [0.29, 0.717) is 4.90 Å². The summed E-state index contributed by atoms with van der Waals surface area (Å²) >= 11 is 1.44.